The number of hydrogen-bond donors (Lipinski definition) is 0. The Morgan fingerprint density at radius 2 is 2.12 bits per heavy atom. The molecule has 2 aromatic rings. The van der Waals surface area contributed by atoms with Crippen LogP contribution in [0.25, 0.3) is 0 Å². The molecule has 0 N–H and O–H groups in total. The highest BCUT2D eigenvalue weighted by atomic mass is 32.2. The Bertz CT molecular complexity index is 459. The van der Waals surface area contributed by atoms with Gasteiger partial charge in [0.2, 0.25) is 0 Å². The summed E-state index contributed by atoms with van der Waals surface area (Å²) in [4.78, 5) is 10.2. The van der Waals surface area contributed by atoms with Gasteiger partial charge in [-0.25, -0.2) is 0 Å². The molecule has 6 heteroatoms. The van der Waals surface area contributed by atoms with Gasteiger partial charge in [0.25, 0.3) is 0 Å². The molecule has 0 saturated carbocycles. The van der Waals surface area contributed by atoms with Crippen LogP contribution in [-0.4, -0.2) is 33.5 Å². The van der Waals surface area contributed by atoms with Crippen molar-refractivity contribution < 1.29 is 0 Å². The maximum absolute atomic E-state index is 4.22. The number of aromatic nitrogens is 4. The summed E-state index contributed by atoms with van der Waals surface area (Å²) >= 11 is 1.58. The molecule has 0 aliphatic rings. The van der Waals surface area contributed by atoms with E-state index in [-0.39, 0.29) is 0 Å². The molecule has 0 aliphatic carbocycles. The minimum atomic E-state index is 0.668. The quantitative estimate of drug-likeness (QED) is 0.765. The predicted octanol–water partition coefficient (Wildman–Crippen LogP) is 1.62. The summed E-state index contributed by atoms with van der Waals surface area (Å²) in [5.41, 5.74) is 0.908. The first-order chi connectivity index (χ1) is 8.29. The van der Waals surface area contributed by atoms with Gasteiger partial charge in [-0.05, 0) is 18.4 Å². The van der Waals surface area contributed by atoms with Crippen LogP contribution in [0, 0.1) is 0 Å². The number of anilines is 1. The normalized spacial score (nSPS) is 10.2. The Balaban J connectivity index is 2.06. The summed E-state index contributed by atoms with van der Waals surface area (Å²) in [6, 6.07) is 3.91. The zero-order valence-corrected chi connectivity index (χ0v) is 10.6. The summed E-state index contributed by atoms with van der Waals surface area (Å²) in [6.45, 7) is 0.668. The molecular formula is C11H13N5S. The molecule has 0 fully saturated rings. The van der Waals surface area contributed by atoms with Crippen molar-refractivity contribution in [2.75, 3.05) is 18.2 Å². The lowest BCUT2D eigenvalue weighted by Gasteiger charge is -2.16. The van der Waals surface area contributed by atoms with Crippen LogP contribution >= 0.6 is 11.8 Å². The van der Waals surface area contributed by atoms with E-state index in [1.54, 1.807) is 30.4 Å². The van der Waals surface area contributed by atoms with Gasteiger partial charge in [-0.1, -0.05) is 0 Å². The van der Waals surface area contributed by atoms with Crippen molar-refractivity contribution in [3.05, 3.63) is 36.4 Å². The molecule has 0 aliphatic heterocycles. The highest BCUT2D eigenvalue weighted by Crippen LogP contribution is 2.14. The summed E-state index contributed by atoms with van der Waals surface area (Å²) < 4.78 is 0. The second kappa shape index (κ2) is 5.58. The molecule has 0 aromatic carbocycles. The van der Waals surface area contributed by atoms with E-state index in [2.05, 4.69) is 20.2 Å². The highest BCUT2D eigenvalue weighted by molar-refractivity contribution is 7.98. The molecular weight excluding hydrogens is 234 g/mol. The first-order valence-electron chi connectivity index (χ1n) is 5.13. The SMILES string of the molecule is CSc1ccc(N(C)Cc2cnccn2)nn1. The van der Waals surface area contributed by atoms with Gasteiger partial charge in [0.15, 0.2) is 5.82 Å². The maximum atomic E-state index is 4.22. The molecule has 17 heavy (non-hydrogen) atoms. The molecule has 0 spiro atoms. The van der Waals surface area contributed by atoms with Gasteiger partial charge < -0.3 is 4.90 Å². The smallest absolute Gasteiger partial charge is 0.151 e. The summed E-state index contributed by atoms with van der Waals surface area (Å²) in [5.74, 6) is 0.827. The fourth-order valence-electron chi connectivity index (χ4n) is 1.36. The largest absolute Gasteiger partial charge is 0.352 e. The van der Waals surface area contributed by atoms with E-state index in [9.17, 15) is 0 Å². The van der Waals surface area contributed by atoms with Crippen molar-refractivity contribution in [3.8, 4) is 0 Å². The van der Waals surface area contributed by atoms with Crippen LogP contribution in [0.5, 0.6) is 0 Å². The van der Waals surface area contributed by atoms with Crippen molar-refractivity contribution in [2.45, 2.75) is 11.6 Å². The Hall–Kier alpha value is -1.69. The van der Waals surface area contributed by atoms with E-state index in [1.807, 2.05) is 30.3 Å². The van der Waals surface area contributed by atoms with E-state index in [0.29, 0.717) is 6.54 Å². The Labute approximate surface area is 104 Å². The van der Waals surface area contributed by atoms with E-state index >= 15 is 0 Å². The van der Waals surface area contributed by atoms with Gasteiger partial charge in [-0.2, -0.15) is 0 Å². The second-order valence-corrected chi connectivity index (χ2v) is 4.31. The second-order valence-electron chi connectivity index (χ2n) is 3.49. The third kappa shape index (κ3) is 3.13. The average molecular weight is 247 g/mol. The summed E-state index contributed by atoms with van der Waals surface area (Å²) in [7, 11) is 1.96. The summed E-state index contributed by atoms with van der Waals surface area (Å²) in [6.07, 6.45) is 7.08. The monoisotopic (exact) mass is 247 g/mol. The van der Waals surface area contributed by atoms with Crippen molar-refractivity contribution in [2.24, 2.45) is 0 Å². The molecule has 0 unspecified atom stereocenters. The van der Waals surface area contributed by atoms with E-state index in [1.165, 1.54) is 0 Å². The molecule has 0 bridgehead atoms. The Morgan fingerprint density at radius 3 is 2.71 bits per heavy atom. The first kappa shape index (κ1) is 11.8. The number of rotatable bonds is 4. The van der Waals surface area contributed by atoms with Gasteiger partial charge in [-0.3, -0.25) is 9.97 Å². The van der Waals surface area contributed by atoms with E-state index in [4.69, 9.17) is 0 Å². The van der Waals surface area contributed by atoms with Gasteiger partial charge in [0, 0.05) is 19.4 Å². The molecule has 2 rings (SSSR count). The maximum Gasteiger partial charge on any atom is 0.151 e. The zero-order valence-electron chi connectivity index (χ0n) is 9.74. The summed E-state index contributed by atoms with van der Waals surface area (Å²) in [5, 5.41) is 9.17. The van der Waals surface area contributed by atoms with Crippen molar-refractivity contribution in [3.63, 3.8) is 0 Å². The zero-order chi connectivity index (χ0) is 12.1. The lowest BCUT2D eigenvalue weighted by Crippen LogP contribution is -2.18. The van der Waals surface area contributed by atoms with Crippen LogP contribution in [-0.2, 0) is 6.54 Å². The fraction of sp³-hybridized carbons (Fsp3) is 0.273. The van der Waals surface area contributed by atoms with E-state index < -0.39 is 0 Å². The van der Waals surface area contributed by atoms with Gasteiger partial charge in [0.1, 0.15) is 5.03 Å². The number of thioether (sulfide) groups is 1. The van der Waals surface area contributed by atoms with Crippen LogP contribution in [0.15, 0.2) is 35.7 Å². The highest BCUT2D eigenvalue weighted by Gasteiger charge is 2.05. The minimum absolute atomic E-state index is 0.668. The molecule has 88 valence electrons. The average Bonchev–Trinajstić information content (AvgIpc) is 2.40. The fourth-order valence-corrected chi connectivity index (χ4v) is 1.69. The third-order valence-electron chi connectivity index (χ3n) is 2.24. The third-order valence-corrected chi connectivity index (χ3v) is 2.88. The lowest BCUT2D eigenvalue weighted by molar-refractivity contribution is 0.818. The molecule has 0 atom stereocenters. The lowest BCUT2D eigenvalue weighted by atomic mass is 10.4. The van der Waals surface area contributed by atoms with Crippen LogP contribution in [0.2, 0.25) is 0 Å². The molecule has 5 nitrogen and oxygen atoms in total. The molecule has 0 amide bonds. The van der Waals surface area contributed by atoms with Crippen LogP contribution in [0.3, 0.4) is 0 Å². The Morgan fingerprint density at radius 1 is 1.24 bits per heavy atom. The molecule has 0 radical (unpaired) electrons. The van der Waals surface area contributed by atoms with Crippen LogP contribution in [0.1, 0.15) is 5.69 Å². The van der Waals surface area contributed by atoms with Crippen molar-refractivity contribution in [1.29, 1.82) is 0 Å². The number of hydrogen-bond acceptors (Lipinski definition) is 6. The minimum Gasteiger partial charge on any atom is -0.352 e. The van der Waals surface area contributed by atoms with Gasteiger partial charge in [0.05, 0.1) is 18.4 Å². The van der Waals surface area contributed by atoms with Crippen molar-refractivity contribution >= 4 is 17.6 Å². The van der Waals surface area contributed by atoms with Crippen LogP contribution in [0.4, 0.5) is 5.82 Å². The van der Waals surface area contributed by atoms with Gasteiger partial charge >= 0.3 is 0 Å². The molecule has 2 heterocycles. The standard InChI is InChI=1S/C11H13N5S/c1-16(8-9-7-12-5-6-13-9)10-3-4-11(17-2)15-14-10/h3-7H,8H2,1-2H3. The predicted molar refractivity (Wildman–Crippen MR) is 68.0 cm³/mol. The van der Waals surface area contributed by atoms with Crippen LogP contribution < -0.4 is 4.90 Å². The van der Waals surface area contributed by atoms with E-state index in [0.717, 1.165) is 16.5 Å². The number of nitrogens with zero attached hydrogens (tertiary/aromatic N) is 5. The van der Waals surface area contributed by atoms with Crippen molar-refractivity contribution in [1.82, 2.24) is 20.2 Å². The molecule has 0 saturated heterocycles. The topological polar surface area (TPSA) is 54.8 Å². The molecule has 2 aromatic heterocycles. The van der Waals surface area contributed by atoms with Gasteiger partial charge in [-0.15, -0.1) is 22.0 Å². The Kier molecular flexibility index (Phi) is 3.87. The first-order valence-corrected chi connectivity index (χ1v) is 6.36.